The molecule has 0 saturated heterocycles. The predicted molar refractivity (Wildman–Crippen MR) is 83.2 cm³/mol. The lowest BCUT2D eigenvalue weighted by Crippen LogP contribution is -2.37. The third-order valence-corrected chi connectivity index (χ3v) is 4.88. The summed E-state index contributed by atoms with van der Waals surface area (Å²) in [5, 5.41) is 5.60. The van der Waals surface area contributed by atoms with Gasteiger partial charge in [-0.3, -0.25) is 0 Å². The van der Waals surface area contributed by atoms with Gasteiger partial charge in [-0.05, 0) is 25.0 Å². The van der Waals surface area contributed by atoms with Crippen molar-refractivity contribution in [2.75, 3.05) is 11.6 Å². The van der Waals surface area contributed by atoms with Crippen molar-refractivity contribution in [1.29, 1.82) is 0 Å². The van der Waals surface area contributed by atoms with Crippen LogP contribution >= 0.6 is 0 Å². The van der Waals surface area contributed by atoms with Crippen LogP contribution in [0.4, 0.5) is 10.5 Å². The summed E-state index contributed by atoms with van der Waals surface area (Å²) in [5.74, 6) is 0. The van der Waals surface area contributed by atoms with Gasteiger partial charge in [0.1, 0.15) is 0 Å². The number of carbonyl (C=O) groups excluding carboxylic acids is 1. The van der Waals surface area contributed by atoms with Gasteiger partial charge in [0.05, 0.1) is 10.6 Å². The van der Waals surface area contributed by atoms with Crippen molar-refractivity contribution in [3.8, 4) is 0 Å². The molecule has 1 fully saturated rings. The molecule has 0 aliphatic heterocycles. The number of nitrogens with one attached hydrogen (secondary N) is 2. The highest BCUT2D eigenvalue weighted by molar-refractivity contribution is 7.90. The molecule has 0 radical (unpaired) electrons. The van der Waals surface area contributed by atoms with Crippen LogP contribution < -0.4 is 10.6 Å². The van der Waals surface area contributed by atoms with Crippen molar-refractivity contribution < 1.29 is 13.2 Å². The number of rotatable bonds is 3. The topological polar surface area (TPSA) is 75.3 Å². The monoisotopic (exact) mass is 310 g/mol. The molecule has 2 N–H and O–H groups in total. The Balaban J connectivity index is 2.03. The van der Waals surface area contributed by atoms with Crippen LogP contribution in [0, 0.1) is 0 Å². The molecule has 2 amide bonds. The van der Waals surface area contributed by atoms with Crippen LogP contribution in [-0.2, 0) is 9.84 Å². The van der Waals surface area contributed by atoms with E-state index in [4.69, 9.17) is 0 Å². The second kappa shape index (κ2) is 6.93. The van der Waals surface area contributed by atoms with Gasteiger partial charge in [0.15, 0.2) is 9.84 Å². The van der Waals surface area contributed by atoms with Gasteiger partial charge in [0.2, 0.25) is 0 Å². The van der Waals surface area contributed by atoms with Gasteiger partial charge in [0, 0.05) is 12.3 Å². The van der Waals surface area contributed by atoms with Gasteiger partial charge in [-0.1, -0.05) is 37.8 Å². The number of benzene rings is 1. The summed E-state index contributed by atoms with van der Waals surface area (Å²) in [6.07, 6.45) is 7.81. The largest absolute Gasteiger partial charge is 0.335 e. The molecule has 0 bridgehead atoms. The first kappa shape index (κ1) is 15.8. The summed E-state index contributed by atoms with van der Waals surface area (Å²) in [5.41, 5.74) is 0.325. The third kappa shape index (κ3) is 4.74. The minimum Gasteiger partial charge on any atom is -0.335 e. The Morgan fingerprint density at radius 2 is 1.71 bits per heavy atom. The molecular weight excluding hydrogens is 288 g/mol. The fourth-order valence-corrected chi connectivity index (χ4v) is 3.51. The van der Waals surface area contributed by atoms with Crippen LogP contribution in [0.5, 0.6) is 0 Å². The van der Waals surface area contributed by atoms with E-state index in [1.54, 1.807) is 18.2 Å². The molecule has 6 heteroatoms. The second-order valence-corrected chi connectivity index (χ2v) is 7.54. The fraction of sp³-hybridized carbons (Fsp3) is 0.533. The van der Waals surface area contributed by atoms with Gasteiger partial charge in [0.25, 0.3) is 0 Å². The number of hydrogen-bond donors (Lipinski definition) is 2. The average Bonchev–Trinajstić information content (AvgIpc) is 2.66. The first-order chi connectivity index (χ1) is 9.97. The molecule has 0 spiro atoms. The van der Waals surface area contributed by atoms with E-state index in [-0.39, 0.29) is 17.0 Å². The minimum absolute atomic E-state index is 0.140. The maximum atomic E-state index is 12.1. The van der Waals surface area contributed by atoms with Crippen molar-refractivity contribution in [2.24, 2.45) is 0 Å². The minimum atomic E-state index is -3.36. The van der Waals surface area contributed by atoms with Crippen molar-refractivity contribution in [1.82, 2.24) is 5.32 Å². The maximum Gasteiger partial charge on any atom is 0.319 e. The fourth-order valence-electron chi connectivity index (χ4n) is 2.66. The van der Waals surface area contributed by atoms with E-state index in [0.29, 0.717) is 5.69 Å². The van der Waals surface area contributed by atoms with E-state index in [1.807, 2.05) is 0 Å². The molecule has 1 aliphatic rings. The maximum absolute atomic E-state index is 12.1. The average molecular weight is 310 g/mol. The van der Waals surface area contributed by atoms with Crippen LogP contribution in [0.1, 0.15) is 38.5 Å². The first-order valence-electron chi connectivity index (χ1n) is 7.33. The number of sulfone groups is 1. The lowest BCUT2D eigenvalue weighted by Gasteiger charge is -2.17. The highest BCUT2D eigenvalue weighted by Crippen LogP contribution is 2.21. The lowest BCUT2D eigenvalue weighted by molar-refractivity contribution is 0.247. The standard InChI is InChI=1S/C15H22N2O3S/c1-21(19,20)14-11-7-6-10-13(14)17-15(18)16-12-8-4-2-3-5-9-12/h6-7,10-12H,2-5,8-9H2,1H3,(H2,16,17,18). The normalized spacial score (nSPS) is 17.0. The summed E-state index contributed by atoms with van der Waals surface area (Å²) in [6.45, 7) is 0. The molecule has 21 heavy (non-hydrogen) atoms. The van der Waals surface area contributed by atoms with Crippen LogP contribution in [0.25, 0.3) is 0 Å². The molecule has 0 unspecified atom stereocenters. The first-order valence-corrected chi connectivity index (χ1v) is 9.22. The molecule has 2 rings (SSSR count). The number of hydrogen-bond acceptors (Lipinski definition) is 3. The van der Waals surface area contributed by atoms with Crippen LogP contribution in [0.3, 0.4) is 0 Å². The zero-order valence-corrected chi connectivity index (χ0v) is 13.1. The Labute approximate surface area is 126 Å². The van der Waals surface area contributed by atoms with E-state index in [0.717, 1.165) is 31.9 Å². The summed E-state index contributed by atoms with van der Waals surface area (Å²) >= 11 is 0. The Morgan fingerprint density at radius 1 is 1.10 bits per heavy atom. The van der Waals surface area contributed by atoms with E-state index < -0.39 is 9.84 Å². The van der Waals surface area contributed by atoms with Gasteiger partial charge in [-0.15, -0.1) is 0 Å². The molecule has 1 aromatic carbocycles. The Morgan fingerprint density at radius 3 is 2.33 bits per heavy atom. The molecular formula is C15H22N2O3S. The summed E-state index contributed by atoms with van der Waals surface area (Å²) in [4.78, 5) is 12.2. The summed E-state index contributed by atoms with van der Waals surface area (Å²) < 4.78 is 23.4. The van der Waals surface area contributed by atoms with Crippen molar-refractivity contribution >= 4 is 21.6 Å². The summed E-state index contributed by atoms with van der Waals surface area (Å²) in [7, 11) is -3.36. The van der Waals surface area contributed by atoms with Crippen LogP contribution in [-0.4, -0.2) is 26.7 Å². The molecule has 1 aliphatic carbocycles. The molecule has 0 heterocycles. The zero-order chi connectivity index (χ0) is 15.3. The second-order valence-electron chi connectivity index (χ2n) is 5.56. The number of carbonyl (C=O) groups is 1. The SMILES string of the molecule is CS(=O)(=O)c1ccccc1NC(=O)NC1CCCCCC1. The number of amides is 2. The van der Waals surface area contributed by atoms with Crippen molar-refractivity contribution in [3.63, 3.8) is 0 Å². The number of para-hydroxylation sites is 1. The Kier molecular flexibility index (Phi) is 5.22. The Hall–Kier alpha value is -1.56. The van der Waals surface area contributed by atoms with Gasteiger partial charge >= 0.3 is 6.03 Å². The molecule has 5 nitrogen and oxygen atoms in total. The quantitative estimate of drug-likeness (QED) is 0.843. The van der Waals surface area contributed by atoms with Crippen LogP contribution in [0.15, 0.2) is 29.2 Å². The predicted octanol–water partition coefficient (Wildman–Crippen LogP) is 2.93. The smallest absolute Gasteiger partial charge is 0.319 e. The highest BCUT2D eigenvalue weighted by Gasteiger charge is 2.17. The van der Waals surface area contributed by atoms with Gasteiger partial charge in [-0.2, -0.15) is 0 Å². The molecule has 1 saturated carbocycles. The van der Waals surface area contributed by atoms with E-state index in [2.05, 4.69) is 10.6 Å². The Bertz CT molecular complexity index is 591. The lowest BCUT2D eigenvalue weighted by atomic mass is 10.1. The highest BCUT2D eigenvalue weighted by atomic mass is 32.2. The molecule has 1 aromatic rings. The molecule has 0 aromatic heterocycles. The van der Waals surface area contributed by atoms with E-state index in [9.17, 15) is 13.2 Å². The van der Waals surface area contributed by atoms with Gasteiger partial charge in [-0.25, -0.2) is 13.2 Å². The molecule has 116 valence electrons. The molecule has 0 atom stereocenters. The van der Waals surface area contributed by atoms with Crippen molar-refractivity contribution in [2.45, 2.75) is 49.5 Å². The van der Waals surface area contributed by atoms with Gasteiger partial charge < -0.3 is 10.6 Å². The van der Waals surface area contributed by atoms with Crippen LogP contribution in [0.2, 0.25) is 0 Å². The third-order valence-electron chi connectivity index (χ3n) is 3.73. The van der Waals surface area contributed by atoms with Crippen molar-refractivity contribution in [3.05, 3.63) is 24.3 Å². The van der Waals surface area contributed by atoms with E-state index >= 15 is 0 Å². The number of anilines is 1. The summed E-state index contributed by atoms with van der Waals surface area (Å²) in [6, 6.07) is 6.29. The zero-order valence-electron chi connectivity index (χ0n) is 12.3. The van der Waals surface area contributed by atoms with E-state index in [1.165, 1.54) is 18.9 Å². The number of urea groups is 1.